The van der Waals surface area contributed by atoms with Crippen LogP contribution < -0.4 is 5.32 Å². The first kappa shape index (κ1) is 19.9. The van der Waals surface area contributed by atoms with Crippen LogP contribution in [-0.4, -0.2) is 39.3 Å². The van der Waals surface area contributed by atoms with Crippen molar-refractivity contribution in [1.29, 1.82) is 0 Å². The van der Waals surface area contributed by atoms with Gasteiger partial charge in [0.05, 0.1) is 16.8 Å². The van der Waals surface area contributed by atoms with Crippen molar-refractivity contribution in [3.05, 3.63) is 66.0 Å². The molecule has 0 aliphatic heterocycles. The number of carboxylic acid groups (broad SMARTS) is 1. The maximum Gasteiger partial charge on any atom is 0.315 e. The van der Waals surface area contributed by atoms with Gasteiger partial charge < -0.3 is 15.0 Å². The third kappa shape index (κ3) is 4.04. The van der Waals surface area contributed by atoms with E-state index >= 15 is 0 Å². The minimum absolute atomic E-state index is 0.00959. The molecule has 1 atom stereocenters. The molecule has 0 radical (unpaired) electrons. The SMILES string of the molecule is CSCc1nc2ccccc2n1CC(=O)NCC(C)(C(=O)O)c1ccccc1. The Balaban J connectivity index is 1.78. The van der Waals surface area contributed by atoms with Crippen molar-refractivity contribution in [2.45, 2.75) is 24.6 Å². The van der Waals surface area contributed by atoms with Crippen molar-refractivity contribution >= 4 is 34.7 Å². The van der Waals surface area contributed by atoms with Gasteiger partial charge in [0.25, 0.3) is 0 Å². The summed E-state index contributed by atoms with van der Waals surface area (Å²) in [6, 6.07) is 16.6. The molecule has 1 aromatic heterocycles. The van der Waals surface area contributed by atoms with Gasteiger partial charge in [0.2, 0.25) is 5.91 Å². The zero-order valence-corrected chi connectivity index (χ0v) is 16.7. The minimum atomic E-state index is -1.20. The lowest BCUT2D eigenvalue weighted by atomic mass is 9.82. The lowest BCUT2D eigenvalue weighted by molar-refractivity contribution is -0.143. The van der Waals surface area contributed by atoms with E-state index in [1.54, 1.807) is 43.0 Å². The Bertz CT molecular complexity index is 987. The summed E-state index contributed by atoms with van der Waals surface area (Å²) in [6.45, 7) is 1.73. The number of hydrogen-bond donors (Lipinski definition) is 2. The van der Waals surface area contributed by atoms with Gasteiger partial charge in [0.15, 0.2) is 0 Å². The van der Waals surface area contributed by atoms with Gasteiger partial charge in [-0.25, -0.2) is 4.98 Å². The number of carbonyl (C=O) groups is 2. The van der Waals surface area contributed by atoms with Gasteiger partial charge >= 0.3 is 5.97 Å². The monoisotopic (exact) mass is 397 g/mol. The van der Waals surface area contributed by atoms with E-state index in [0.717, 1.165) is 16.9 Å². The van der Waals surface area contributed by atoms with Crippen LogP contribution in [0.15, 0.2) is 54.6 Å². The number of nitrogens with one attached hydrogen (secondary N) is 1. The molecule has 3 aromatic rings. The quantitative estimate of drug-likeness (QED) is 0.610. The van der Waals surface area contributed by atoms with E-state index in [4.69, 9.17) is 0 Å². The van der Waals surface area contributed by atoms with Crippen LogP contribution in [0.2, 0.25) is 0 Å². The average Bonchev–Trinajstić information content (AvgIpc) is 3.04. The van der Waals surface area contributed by atoms with Gasteiger partial charge in [-0.2, -0.15) is 11.8 Å². The van der Waals surface area contributed by atoms with Crippen molar-refractivity contribution < 1.29 is 14.7 Å². The molecule has 0 saturated heterocycles. The highest BCUT2D eigenvalue weighted by molar-refractivity contribution is 7.97. The molecule has 146 valence electrons. The Hall–Kier alpha value is -2.80. The smallest absolute Gasteiger partial charge is 0.315 e. The highest BCUT2D eigenvalue weighted by atomic mass is 32.2. The summed E-state index contributed by atoms with van der Waals surface area (Å²) in [5.74, 6) is 0.302. The number of para-hydroxylation sites is 2. The molecule has 0 aliphatic rings. The molecule has 1 unspecified atom stereocenters. The van der Waals surface area contributed by atoms with E-state index in [2.05, 4.69) is 10.3 Å². The van der Waals surface area contributed by atoms with Gasteiger partial charge in [0.1, 0.15) is 17.8 Å². The van der Waals surface area contributed by atoms with E-state index in [9.17, 15) is 14.7 Å². The molecule has 0 spiro atoms. The van der Waals surface area contributed by atoms with Crippen LogP contribution in [0.3, 0.4) is 0 Å². The summed E-state index contributed by atoms with van der Waals surface area (Å²) in [7, 11) is 0. The highest BCUT2D eigenvalue weighted by Crippen LogP contribution is 2.23. The van der Waals surface area contributed by atoms with E-state index in [1.165, 1.54) is 0 Å². The number of aromatic nitrogens is 2. The molecule has 0 fully saturated rings. The largest absolute Gasteiger partial charge is 0.481 e. The molecule has 0 aliphatic carbocycles. The Morgan fingerprint density at radius 3 is 2.50 bits per heavy atom. The molecule has 6 nitrogen and oxygen atoms in total. The topological polar surface area (TPSA) is 84.2 Å². The number of carbonyl (C=O) groups excluding carboxylic acids is 1. The highest BCUT2D eigenvalue weighted by Gasteiger charge is 2.35. The van der Waals surface area contributed by atoms with Crippen molar-refractivity contribution in [3.63, 3.8) is 0 Å². The number of aliphatic carboxylic acids is 1. The molecule has 28 heavy (non-hydrogen) atoms. The average molecular weight is 398 g/mol. The Kier molecular flexibility index (Phi) is 6.04. The van der Waals surface area contributed by atoms with Gasteiger partial charge in [-0.3, -0.25) is 9.59 Å². The number of benzene rings is 2. The van der Waals surface area contributed by atoms with Crippen LogP contribution in [0.5, 0.6) is 0 Å². The molecule has 0 bridgehead atoms. The number of amides is 1. The number of nitrogens with zero attached hydrogens (tertiary/aromatic N) is 2. The van der Waals surface area contributed by atoms with Gasteiger partial charge in [-0.1, -0.05) is 42.5 Å². The summed E-state index contributed by atoms with van der Waals surface area (Å²) in [4.78, 5) is 29.2. The van der Waals surface area contributed by atoms with Crippen molar-refractivity contribution in [2.75, 3.05) is 12.8 Å². The standard InChI is InChI=1S/C21H23N3O3S/c1-21(20(26)27,15-8-4-3-5-9-15)14-22-19(25)12-24-17-11-7-6-10-16(17)23-18(24)13-28-2/h3-11H,12-14H2,1-2H3,(H,22,25)(H,26,27). The Morgan fingerprint density at radius 1 is 1.14 bits per heavy atom. The fourth-order valence-electron chi connectivity index (χ4n) is 3.12. The summed E-state index contributed by atoms with van der Waals surface area (Å²) in [5, 5.41) is 12.5. The van der Waals surface area contributed by atoms with E-state index in [0.29, 0.717) is 11.3 Å². The Morgan fingerprint density at radius 2 is 1.82 bits per heavy atom. The summed E-state index contributed by atoms with van der Waals surface area (Å²) in [5.41, 5.74) is 1.19. The van der Waals surface area contributed by atoms with Gasteiger partial charge in [0, 0.05) is 6.54 Å². The van der Waals surface area contributed by atoms with Crippen molar-refractivity contribution in [2.24, 2.45) is 0 Å². The van der Waals surface area contributed by atoms with Crippen molar-refractivity contribution in [3.8, 4) is 0 Å². The number of rotatable bonds is 8. The van der Waals surface area contributed by atoms with Crippen LogP contribution in [-0.2, 0) is 27.3 Å². The number of imidazole rings is 1. The van der Waals surface area contributed by atoms with Gasteiger partial charge in [-0.15, -0.1) is 0 Å². The first-order valence-corrected chi connectivity index (χ1v) is 10.3. The second kappa shape index (κ2) is 8.48. The lowest BCUT2D eigenvalue weighted by Gasteiger charge is -2.25. The number of thioether (sulfide) groups is 1. The van der Waals surface area contributed by atoms with E-state index < -0.39 is 11.4 Å². The predicted molar refractivity (Wildman–Crippen MR) is 111 cm³/mol. The third-order valence-corrected chi connectivity index (χ3v) is 5.38. The zero-order valence-electron chi connectivity index (χ0n) is 15.9. The molecular formula is C21H23N3O3S. The molecule has 7 heteroatoms. The van der Waals surface area contributed by atoms with Crippen LogP contribution in [0.4, 0.5) is 0 Å². The summed E-state index contributed by atoms with van der Waals surface area (Å²) < 4.78 is 1.89. The normalized spacial score (nSPS) is 13.2. The molecule has 2 N–H and O–H groups in total. The van der Waals surface area contributed by atoms with E-state index in [-0.39, 0.29) is 19.0 Å². The first-order chi connectivity index (χ1) is 13.5. The summed E-state index contributed by atoms with van der Waals surface area (Å²) in [6.07, 6.45) is 1.99. The maximum atomic E-state index is 12.7. The third-order valence-electron chi connectivity index (χ3n) is 4.83. The second-order valence-corrected chi connectivity index (χ2v) is 7.68. The molecule has 0 saturated carbocycles. The van der Waals surface area contributed by atoms with Crippen molar-refractivity contribution in [1.82, 2.24) is 14.9 Å². The minimum Gasteiger partial charge on any atom is -0.481 e. The molecule has 1 amide bonds. The fourth-order valence-corrected chi connectivity index (χ4v) is 3.60. The number of carboxylic acids is 1. The fraction of sp³-hybridized carbons (Fsp3) is 0.286. The van der Waals surface area contributed by atoms with Crippen LogP contribution >= 0.6 is 11.8 Å². The lowest BCUT2D eigenvalue weighted by Crippen LogP contribution is -2.45. The number of hydrogen-bond acceptors (Lipinski definition) is 4. The zero-order chi connectivity index (χ0) is 20.1. The first-order valence-electron chi connectivity index (χ1n) is 8.94. The molecule has 3 rings (SSSR count). The Labute approximate surface area is 168 Å². The summed E-state index contributed by atoms with van der Waals surface area (Å²) >= 11 is 1.64. The van der Waals surface area contributed by atoms with Crippen LogP contribution in [0.1, 0.15) is 18.3 Å². The van der Waals surface area contributed by atoms with E-state index in [1.807, 2.05) is 41.2 Å². The van der Waals surface area contributed by atoms with Crippen LogP contribution in [0, 0.1) is 0 Å². The molecule has 2 aromatic carbocycles. The maximum absolute atomic E-state index is 12.7. The van der Waals surface area contributed by atoms with Gasteiger partial charge in [-0.05, 0) is 30.9 Å². The molecule has 1 heterocycles. The number of fused-ring (bicyclic) bond motifs is 1. The second-order valence-electron chi connectivity index (χ2n) is 6.82. The van der Waals surface area contributed by atoms with Crippen LogP contribution in [0.25, 0.3) is 11.0 Å². The molecular weight excluding hydrogens is 374 g/mol. The predicted octanol–water partition coefficient (Wildman–Crippen LogP) is 3.06.